The van der Waals surface area contributed by atoms with Crippen LogP contribution >= 0.6 is 0 Å². The number of benzene rings is 1. The van der Waals surface area contributed by atoms with Gasteiger partial charge in [-0.05, 0) is 44.0 Å². The van der Waals surface area contributed by atoms with Crippen molar-refractivity contribution in [2.45, 2.75) is 19.8 Å². The number of nitrogens with zero attached hydrogens (tertiary/aromatic N) is 1. The van der Waals surface area contributed by atoms with Gasteiger partial charge in [-0.15, -0.1) is 0 Å². The van der Waals surface area contributed by atoms with Gasteiger partial charge in [0.25, 0.3) is 0 Å². The van der Waals surface area contributed by atoms with Gasteiger partial charge < -0.3 is 10.6 Å². The molecule has 5 nitrogen and oxygen atoms in total. The molecule has 0 bridgehead atoms. The molecule has 0 fully saturated rings. The summed E-state index contributed by atoms with van der Waals surface area (Å²) in [6.45, 7) is 2.51. The Kier molecular flexibility index (Phi) is 5.62. The van der Waals surface area contributed by atoms with Gasteiger partial charge in [0, 0.05) is 19.8 Å². The van der Waals surface area contributed by atoms with E-state index in [0.29, 0.717) is 18.7 Å². The molecule has 0 amide bonds. The van der Waals surface area contributed by atoms with E-state index < -0.39 is 10.0 Å². The summed E-state index contributed by atoms with van der Waals surface area (Å²) in [6.07, 6.45) is 1.30. The van der Waals surface area contributed by atoms with Gasteiger partial charge >= 0.3 is 0 Å². The van der Waals surface area contributed by atoms with E-state index in [9.17, 15) is 8.42 Å². The molecule has 0 spiro atoms. The number of hydrogen-bond acceptors (Lipinski definition) is 4. The Morgan fingerprint density at radius 1 is 1.26 bits per heavy atom. The zero-order chi connectivity index (χ0) is 14.5. The van der Waals surface area contributed by atoms with Crippen LogP contribution in [-0.2, 0) is 10.0 Å². The van der Waals surface area contributed by atoms with Gasteiger partial charge in [0.1, 0.15) is 0 Å². The SMILES string of the molecule is Cc1ccc(NS(=O)(=O)CCCCN)cc1N(C)C. The third-order valence-corrected chi connectivity index (χ3v) is 4.20. The van der Waals surface area contributed by atoms with E-state index in [4.69, 9.17) is 5.73 Å². The zero-order valence-corrected chi connectivity index (χ0v) is 12.6. The topological polar surface area (TPSA) is 75.4 Å². The molecule has 3 N–H and O–H groups in total. The fourth-order valence-corrected chi connectivity index (χ4v) is 2.99. The molecule has 6 heteroatoms. The van der Waals surface area contributed by atoms with Crippen molar-refractivity contribution in [3.8, 4) is 0 Å². The maximum atomic E-state index is 11.9. The fourth-order valence-electron chi connectivity index (χ4n) is 1.82. The van der Waals surface area contributed by atoms with Gasteiger partial charge in [-0.1, -0.05) is 6.07 Å². The number of rotatable bonds is 7. The van der Waals surface area contributed by atoms with Gasteiger partial charge in [0.2, 0.25) is 10.0 Å². The highest BCUT2D eigenvalue weighted by molar-refractivity contribution is 7.92. The predicted octanol–water partition coefficient (Wildman–Crippen LogP) is 1.54. The van der Waals surface area contributed by atoms with Crippen LogP contribution < -0.4 is 15.4 Å². The summed E-state index contributed by atoms with van der Waals surface area (Å²) in [4.78, 5) is 1.96. The first-order chi connectivity index (χ1) is 8.85. The number of anilines is 2. The van der Waals surface area contributed by atoms with Crippen molar-refractivity contribution in [1.29, 1.82) is 0 Å². The lowest BCUT2D eigenvalue weighted by molar-refractivity contribution is 0.597. The van der Waals surface area contributed by atoms with E-state index in [2.05, 4.69) is 4.72 Å². The molecule has 1 aromatic rings. The molecule has 0 saturated carbocycles. The van der Waals surface area contributed by atoms with Crippen molar-refractivity contribution in [3.63, 3.8) is 0 Å². The van der Waals surface area contributed by atoms with E-state index in [-0.39, 0.29) is 5.75 Å². The van der Waals surface area contributed by atoms with Gasteiger partial charge in [0.05, 0.1) is 11.4 Å². The lowest BCUT2D eigenvalue weighted by Crippen LogP contribution is -2.18. The second-order valence-corrected chi connectivity index (χ2v) is 6.65. The highest BCUT2D eigenvalue weighted by atomic mass is 32.2. The molecule has 1 rings (SSSR count). The lowest BCUT2D eigenvalue weighted by atomic mass is 10.2. The minimum Gasteiger partial charge on any atom is -0.377 e. The van der Waals surface area contributed by atoms with Crippen LogP contribution in [-0.4, -0.2) is 34.8 Å². The third-order valence-electron chi connectivity index (χ3n) is 2.83. The monoisotopic (exact) mass is 285 g/mol. The van der Waals surface area contributed by atoms with Crippen LogP contribution in [0.1, 0.15) is 18.4 Å². The number of hydrogen-bond donors (Lipinski definition) is 2. The number of nitrogens with one attached hydrogen (secondary N) is 1. The molecule has 0 aliphatic heterocycles. The van der Waals surface area contributed by atoms with Crippen molar-refractivity contribution >= 4 is 21.4 Å². The maximum Gasteiger partial charge on any atom is 0.232 e. The average molecular weight is 285 g/mol. The molecule has 0 radical (unpaired) electrons. The van der Waals surface area contributed by atoms with E-state index in [0.717, 1.165) is 17.7 Å². The molecule has 0 aliphatic rings. The maximum absolute atomic E-state index is 11.9. The zero-order valence-electron chi connectivity index (χ0n) is 11.8. The molecule has 0 atom stereocenters. The molecule has 0 saturated heterocycles. The van der Waals surface area contributed by atoms with Gasteiger partial charge in [-0.25, -0.2) is 8.42 Å². The van der Waals surface area contributed by atoms with Crippen molar-refractivity contribution < 1.29 is 8.42 Å². The van der Waals surface area contributed by atoms with Gasteiger partial charge in [-0.3, -0.25) is 4.72 Å². The summed E-state index contributed by atoms with van der Waals surface area (Å²) in [5, 5.41) is 0. The number of unbranched alkanes of at least 4 members (excludes halogenated alkanes) is 1. The molecule has 108 valence electrons. The van der Waals surface area contributed by atoms with E-state index in [1.165, 1.54) is 0 Å². The molecule has 0 aromatic heterocycles. The molecule has 0 aliphatic carbocycles. The Morgan fingerprint density at radius 2 is 1.95 bits per heavy atom. The lowest BCUT2D eigenvalue weighted by Gasteiger charge is -2.17. The number of aryl methyl sites for hydroxylation is 1. The van der Waals surface area contributed by atoms with Crippen LogP contribution in [0.3, 0.4) is 0 Å². The summed E-state index contributed by atoms with van der Waals surface area (Å²) in [7, 11) is 0.579. The standard InChI is InChI=1S/C13H23N3O2S/c1-11-6-7-12(10-13(11)16(2)3)15-19(17,18)9-5-4-8-14/h6-7,10,15H,4-5,8-9,14H2,1-3H3. The van der Waals surface area contributed by atoms with Gasteiger partial charge in [-0.2, -0.15) is 0 Å². The summed E-state index contributed by atoms with van der Waals surface area (Å²) >= 11 is 0. The Bertz CT molecular complexity index is 513. The van der Waals surface area contributed by atoms with Crippen LogP contribution in [0.25, 0.3) is 0 Å². The quantitative estimate of drug-likeness (QED) is 0.745. The molecule has 1 aromatic carbocycles. The van der Waals surface area contributed by atoms with Crippen LogP contribution in [0, 0.1) is 6.92 Å². The van der Waals surface area contributed by atoms with Crippen LogP contribution in [0.5, 0.6) is 0 Å². The minimum absolute atomic E-state index is 0.107. The van der Waals surface area contributed by atoms with Crippen molar-refractivity contribution in [2.75, 3.05) is 36.0 Å². The molecule has 0 unspecified atom stereocenters. The third kappa shape index (κ3) is 5.08. The average Bonchev–Trinajstić information content (AvgIpc) is 2.31. The van der Waals surface area contributed by atoms with Crippen molar-refractivity contribution in [3.05, 3.63) is 23.8 Å². The normalized spacial score (nSPS) is 11.4. The first-order valence-corrected chi connectivity index (χ1v) is 7.99. The smallest absolute Gasteiger partial charge is 0.232 e. The fraction of sp³-hybridized carbons (Fsp3) is 0.538. The minimum atomic E-state index is -3.29. The largest absolute Gasteiger partial charge is 0.377 e. The molecular weight excluding hydrogens is 262 g/mol. The Balaban J connectivity index is 2.79. The van der Waals surface area contributed by atoms with E-state index in [1.54, 1.807) is 6.07 Å². The Morgan fingerprint density at radius 3 is 2.53 bits per heavy atom. The number of nitrogens with two attached hydrogens (primary N) is 1. The number of sulfonamides is 1. The van der Waals surface area contributed by atoms with Crippen LogP contribution in [0.15, 0.2) is 18.2 Å². The first kappa shape index (κ1) is 15.8. The molecular formula is C13H23N3O2S. The Hall–Kier alpha value is -1.27. The van der Waals surface area contributed by atoms with Gasteiger partial charge in [0.15, 0.2) is 0 Å². The summed E-state index contributed by atoms with van der Waals surface area (Å²) in [5.41, 5.74) is 8.07. The van der Waals surface area contributed by atoms with E-state index >= 15 is 0 Å². The van der Waals surface area contributed by atoms with Crippen LogP contribution in [0.2, 0.25) is 0 Å². The predicted molar refractivity (Wildman–Crippen MR) is 81.2 cm³/mol. The Labute approximate surface area is 115 Å². The second-order valence-electron chi connectivity index (χ2n) is 4.81. The highest BCUT2D eigenvalue weighted by Gasteiger charge is 2.11. The van der Waals surface area contributed by atoms with E-state index in [1.807, 2.05) is 38.1 Å². The molecule has 19 heavy (non-hydrogen) atoms. The van der Waals surface area contributed by atoms with Crippen molar-refractivity contribution in [2.24, 2.45) is 5.73 Å². The highest BCUT2D eigenvalue weighted by Crippen LogP contribution is 2.23. The summed E-state index contributed by atoms with van der Waals surface area (Å²) in [5.74, 6) is 0.107. The first-order valence-electron chi connectivity index (χ1n) is 6.34. The second kappa shape index (κ2) is 6.77. The summed E-state index contributed by atoms with van der Waals surface area (Å²) < 4.78 is 26.4. The summed E-state index contributed by atoms with van der Waals surface area (Å²) in [6, 6.07) is 5.53. The molecule has 0 heterocycles. The van der Waals surface area contributed by atoms with Crippen molar-refractivity contribution in [1.82, 2.24) is 0 Å². The van der Waals surface area contributed by atoms with Crippen LogP contribution in [0.4, 0.5) is 11.4 Å².